The molecule has 4 nitrogen and oxygen atoms in total. The van der Waals surface area contributed by atoms with Crippen LogP contribution >= 0.6 is 0 Å². The van der Waals surface area contributed by atoms with Crippen LogP contribution < -0.4 is 4.90 Å². The lowest BCUT2D eigenvalue weighted by Crippen LogP contribution is -2.23. The monoisotopic (exact) mass is 296 g/mol. The van der Waals surface area contributed by atoms with Gasteiger partial charge >= 0.3 is 0 Å². The summed E-state index contributed by atoms with van der Waals surface area (Å²) >= 11 is 0. The van der Waals surface area contributed by atoms with Gasteiger partial charge in [-0.15, -0.1) is 12.3 Å². The molecule has 1 aromatic rings. The smallest absolute Gasteiger partial charge is 0.250 e. The molecule has 2 rings (SSSR count). The Morgan fingerprint density at radius 1 is 1.55 bits per heavy atom. The van der Waals surface area contributed by atoms with Crippen LogP contribution in [0.5, 0.6) is 0 Å². The number of anilines is 1. The zero-order valence-corrected chi connectivity index (χ0v) is 12.8. The molecule has 0 atom stereocenters. The third-order valence-electron chi connectivity index (χ3n) is 3.65. The standard InChI is InChI=1S/C18H20N2O2/c1-4-6-7-12-22-19-17-11-8-14-13-15(9-10-16(14)17)20(3)18(21)5-2/h1,5,9-10,13H,2,6-8,11-12H2,3H3/b19-17-. The molecule has 0 fully saturated rings. The number of aryl methyl sites for hydroxylation is 1. The lowest BCUT2D eigenvalue weighted by atomic mass is 10.1. The van der Waals surface area contributed by atoms with Crippen molar-refractivity contribution in [2.45, 2.75) is 25.7 Å². The maximum atomic E-state index is 11.7. The molecule has 0 saturated carbocycles. The summed E-state index contributed by atoms with van der Waals surface area (Å²) in [5.41, 5.74) is 4.10. The van der Waals surface area contributed by atoms with Gasteiger partial charge in [0.1, 0.15) is 6.61 Å². The minimum atomic E-state index is -0.122. The van der Waals surface area contributed by atoms with Gasteiger partial charge in [-0.05, 0) is 43.0 Å². The Bertz CT molecular complexity index is 641. The van der Waals surface area contributed by atoms with Crippen molar-refractivity contribution in [3.05, 3.63) is 42.0 Å². The first-order chi connectivity index (χ1) is 10.7. The molecule has 1 aliphatic rings. The highest BCUT2D eigenvalue weighted by molar-refractivity contribution is 6.05. The predicted molar refractivity (Wildman–Crippen MR) is 88.9 cm³/mol. The van der Waals surface area contributed by atoms with Crippen LogP contribution in [0.15, 0.2) is 36.0 Å². The van der Waals surface area contributed by atoms with Crippen LogP contribution in [-0.4, -0.2) is 25.3 Å². The van der Waals surface area contributed by atoms with Crippen LogP contribution in [0.1, 0.15) is 30.4 Å². The molecule has 0 N–H and O–H groups in total. The summed E-state index contributed by atoms with van der Waals surface area (Å²) in [6.45, 7) is 4.05. The average molecular weight is 296 g/mol. The number of carbonyl (C=O) groups is 1. The van der Waals surface area contributed by atoms with E-state index >= 15 is 0 Å². The van der Waals surface area contributed by atoms with E-state index in [1.165, 1.54) is 11.6 Å². The highest BCUT2D eigenvalue weighted by Crippen LogP contribution is 2.27. The van der Waals surface area contributed by atoms with Crippen LogP contribution in [0.2, 0.25) is 0 Å². The normalized spacial score (nSPS) is 14.3. The van der Waals surface area contributed by atoms with Crippen molar-refractivity contribution in [3.8, 4) is 12.3 Å². The fourth-order valence-electron chi connectivity index (χ4n) is 2.39. The second-order valence-electron chi connectivity index (χ2n) is 5.12. The Kier molecular flexibility index (Phi) is 5.37. The maximum Gasteiger partial charge on any atom is 0.250 e. The number of hydrogen-bond acceptors (Lipinski definition) is 3. The first kappa shape index (κ1) is 15.8. The quantitative estimate of drug-likeness (QED) is 0.350. The van der Waals surface area contributed by atoms with E-state index in [0.29, 0.717) is 13.0 Å². The minimum absolute atomic E-state index is 0.122. The molecule has 0 aromatic heterocycles. The molecule has 0 aliphatic heterocycles. The highest BCUT2D eigenvalue weighted by atomic mass is 16.6. The summed E-state index contributed by atoms with van der Waals surface area (Å²) in [6, 6.07) is 5.94. The van der Waals surface area contributed by atoms with E-state index in [9.17, 15) is 4.79 Å². The van der Waals surface area contributed by atoms with E-state index in [-0.39, 0.29) is 5.91 Å². The average Bonchev–Trinajstić information content (AvgIpc) is 2.95. The number of likely N-dealkylation sites (N-methyl/N-ethyl adjacent to an activating group) is 1. The van der Waals surface area contributed by atoms with Gasteiger partial charge in [-0.1, -0.05) is 17.8 Å². The van der Waals surface area contributed by atoms with E-state index in [0.717, 1.165) is 36.2 Å². The Morgan fingerprint density at radius 3 is 3.09 bits per heavy atom. The van der Waals surface area contributed by atoms with E-state index in [4.69, 9.17) is 11.3 Å². The maximum absolute atomic E-state index is 11.7. The van der Waals surface area contributed by atoms with Crippen LogP contribution in [0.4, 0.5) is 5.69 Å². The molecule has 4 heteroatoms. The highest BCUT2D eigenvalue weighted by Gasteiger charge is 2.20. The number of nitrogens with zero attached hydrogens (tertiary/aromatic N) is 2. The van der Waals surface area contributed by atoms with E-state index < -0.39 is 0 Å². The van der Waals surface area contributed by atoms with Crippen LogP contribution in [-0.2, 0) is 16.1 Å². The number of fused-ring (bicyclic) bond motifs is 1. The molecule has 22 heavy (non-hydrogen) atoms. The Labute approximate surface area is 131 Å². The zero-order chi connectivity index (χ0) is 15.9. The van der Waals surface area contributed by atoms with Gasteiger partial charge in [-0.25, -0.2) is 0 Å². The van der Waals surface area contributed by atoms with Crippen LogP contribution in [0.25, 0.3) is 0 Å². The lowest BCUT2D eigenvalue weighted by molar-refractivity contribution is -0.113. The Balaban J connectivity index is 2.07. The Hall–Kier alpha value is -2.54. The van der Waals surface area contributed by atoms with Crippen LogP contribution in [0, 0.1) is 12.3 Å². The fourth-order valence-corrected chi connectivity index (χ4v) is 2.39. The van der Waals surface area contributed by atoms with Gasteiger partial charge < -0.3 is 9.74 Å². The predicted octanol–water partition coefficient (Wildman–Crippen LogP) is 2.92. The summed E-state index contributed by atoms with van der Waals surface area (Å²) in [4.78, 5) is 18.6. The third-order valence-corrected chi connectivity index (χ3v) is 3.65. The number of terminal acetylenes is 1. The lowest BCUT2D eigenvalue weighted by Gasteiger charge is -2.16. The number of carbonyl (C=O) groups excluding carboxylic acids is 1. The molecule has 0 radical (unpaired) electrons. The minimum Gasteiger partial charge on any atom is -0.396 e. The van der Waals surface area contributed by atoms with Gasteiger partial charge in [0.25, 0.3) is 0 Å². The number of benzene rings is 1. The van der Waals surface area contributed by atoms with Crippen molar-refractivity contribution in [2.75, 3.05) is 18.6 Å². The van der Waals surface area contributed by atoms with E-state index in [2.05, 4.69) is 17.7 Å². The second-order valence-corrected chi connectivity index (χ2v) is 5.12. The summed E-state index contributed by atoms with van der Waals surface area (Å²) in [5.74, 6) is 2.45. The summed E-state index contributed by atoms with van der Waals surface area (Å²) < 4.78 is 0. The number of unbranched alkanes of at least 4 members (excludes halogenated alkanes) is 1. The third kappa shape index (κ3) is 3.56. The van der Waals surface area contributed by atoms with Gasteiger partial charge in [-0.3, -0.25) is 4.79 Å². The first-order valence-corrected chi connectivity index (χ1v) is 7.33. The molecule has 1 aromatic carbocycles. The summed E-state index contributed by atoms with van der Waals surface area (Å²) in [5, 5.41) is 4.21. The van der Waals surface area contributed by atoms with Gasteiger partial charge in [0.15, 0.2) is 0 Å². The van der Waals surface area contributed by atoms with Crippen molar-refractivity contribution in [1.82, 2.24) is 0 Å². The van der Waals surface area contributed by atoms with Gasteiger partial charge in [0.2, 0.25) is 5.91 Å². The molecule has 1 aliphatic carbocycles. The fraction of sp³-hybridized carbons (Fsp3) is 0.333. The molecule has 1 amide bonds. The summed E-state index contributed by atoms with van der Waals surface area (Å²) in [6.07, 6.45) is 9.78. The Morgan fingerprint density at radius 2 is 2.36 bits per heavy atom. The van der Waals surface area contributed by atoms with Crippen molar-refractivity contribution >= 4 is 17.3 Å². The van der Waals surface area contributed by atoms with Gasteiger partial charge in [0, 0.05) is 24.7 Å². The zero-order valence-electron chi connectivity index (χ0n) is 12.8. The number of oxime groups is 1. The van der Waals surface area contributed by atoms with Crippen LogP contribution in [0.3, 0.4) is 0 Å². The van der Waals surface area contributed by atoms with Crippen molar-refractivity contribution < 1.29 is 9.63 Å². The molecule has 0 bridgehead atoms. The topological polar surface area (TPSA) is 41.9 Å². The van der Waals surface area contributed by atoms with Crippen molar-refractivity contribution in [1.29, 1.82) is 0 Å². The van der Waals surface area contributed by atoms with Gasteiger partial charge in [-0.2, -0.15) is 0 Å². The number of hydrogen-bond donors (Lipinski definition) is 0. The molecule has 0 spiro atoms. The largest absolute Gasteiger partial charge is 0.396 e. The van der Waals surface area contributed by atoms with Crippen molar-refractivity contribution in [2.24, 2.45) is 5.16 Å². The summed E-state index contributed by atoms with van der Waals surface area (Å²) in [7, 11) is 1.74. The molecule has 0 heterocycles. The first-order valence-electron chi connectivity index (χ1n) is 7.33. The molecular formula is C18H20N2O2. The van der Waals surface area contributed by atoms with Gasteiger partial charge in [0.05, 0.1) is 5.71 Å². The van der Waals surface area contributed by atoms with E-state index in [1.54, 1.807) is 11.9 Å². The molecule has 0 saturated heterocycles. The molecule has 0 unspecified atom stereocenters. The molecular weight excluding hydrogens is 276 g/mol. The number of rotatable bonds is 6. The SMILES string of the molecule is C#CCCCO/N=C1/CCc2cc(N(C)C(=O)C=C)ccc21. The molecule has 114 valence electrons. The van der Waals surface area contributed by atoms with E-state index in [1.807, 2.05) is 18.2 Å². The number of amides is 1. The van der Waals surface area contributed by atoms with Crippen molar-refractivity contribution in [3.63, 3.8) is 0 Å². The second kappa shape index (κ2) is 7.46.